The molecular weight excluding hydrogens is 288 g/mol. The lowest BCUT2D eigenvalue weighted by Crippen LogP contribution is -2.57. The number of hydrogen-bond acceptors (Lipinski definition) is 5. The molecule has 3 atom stereocenters. The van der Waals surface area contributed by atoms with Crippen molar-refractivity contribution in [1.29, 1.82) is 0 Å². The molecule has 5 heteroatoms. The van der Waals surface area contributed by atoms with Gasteiger partial charge in [0.05, 0.1) is 23.1 Å². The predicted octanol–water partition coefficient (Wildman–Crippen LogP) is 1.99. The molecule has 1 fully saturated rings. The van der Waals surface area contributed by atoms with Crippen molar-refractivity contribution in [2.75, 3.05) is 5.01 Å². The Labute approximate surface area is 135 Å². The summed E-state index contributed by atoms with van der Waals surface area (Å²) < 4.78 is 0. The molecule has 3 aliphatic rings. The standard InChI is InChI=1S/C18H20N4O/c1-3-14-18-15(20-11-9-17(18)23)7-4-8-16(18)22(21-14)13-6-5-10-19-12(13)2/h4-11,14-15,20-21H,3H2,1-2H3. The first-order valence-electron chi connectivity index (χ1n) is 8.03. The van der Waals surface area contributed by atoms with E-state index in [0.29, 0.717) is 0 Å². The van der Waals surface area contributed by atoms with E-state index in [9.17, 15) is 4.79 Å². The van der Waals surface area contributed by atoms with Gasteiger partial charge in [0.25, 0.3) is 0 Å². The molecule has 0 aromatic carbocycles. The molecule has 1 spiro atoms. The van der Waals surface area contributed by atoms with E-state index in [-0.39, 0.29) is 17.9 Å². The van der Waals surface area contributed by atoms with Crippen LogP contribution in [-0.4, -0.2) is 22.9 Å². The summed E-state index contributed by atoms with van der Waals surface area (Å²) in [6.07, 6.45) is 12.2. The van der Waals surface area contributed by atoms with Gasteiger partial charge < -0.3 is 5.32 Å². The molecule has 118 valence electrons. The number of aromatic nitrogens is 1. The minimum Gasteiger partial charge on any atom is -0.383 e. The van der Waals surface area contributed by atoms with Crippen molar-refractivity contribution in [3.05, 3.63) is 60.2 Å². The number of pyridine rings is 1. The quantitative estimate of drug-likeness (QED) is 0.875. The molecule has 1 aromatic rings. The molecule has 0 saturated carbocycles. The lowest BCUT2D eigenvalue weighted by atomic mass is 9.65. The maximum absolute atomic E-state index is 13.0. The number of anilines is 1. The van der Waals surface area contributed by atoms with Gasteiger partial charge in [0.2, 0.25) is 0 Å². The molecule has 3 unspecified atom stereocenters. The molecule has 4 rings (SSSR count). The number of rotatable bonds is 2. The fraction of sp³-hybridized carbons (Fsp3) is 0.333. The van der Waals surface area contributed by atoms with Crippen LogP contribution in [0.2, 0.25) is 0 Å². The molecule has 0 amide bonds. The van der Waals surface area contributed by atoms with Crippen LogP contribution in [0.5, 0.6) is 0 Å². The Morgan fingerprint density at radius 2 is 2.30 bits per heavy atom. The van der Waals surface area contributed by atoms with E-state index in [1.165, 1.54) is 0 Å². The first-order valence-corrected chi connectivity index (χ1v) is 8.03. The van der Waals surface area contributed by atoms with E-state index < -0.39 is 5.41 Å². The van der Waals surface area contributed by atoms with E-state index in [0.717, 1.165) is 23.5 Å². The Bertz CT molecular complexity index is 751. The zero-order valence-electron chi connectivity index (χ0n) is 13.3. The molecular formula is C18H20N4O. The van der Waals surface area contributed by atoms with Gasteiger partial charge >= 0.3 is 0 Å². The molecule has 0 radical (unpaired) electrons. The van der Waals surface area contributed by atoms with Gasteiger partial charge in [0.1, 0.15) is 5.41 Å². The Morgan fingerprint density at radius 3 is 3.09 bits per heavy atom. The third-order valence-corrected chi connectivity index (χ3v) is 5.09. The first kappa shape index (κ1) is 14.2. The summed E-state index contributed by atoms with van der Waals surface area (Å²) in [6.45, 7) is 4.10. The fourth-order valence-electron chi connectivity index (χ4n) is 4.02. The summed E-state index contributed by atoms with van der Waals surface area (Å²) in [5.74, 6) is 0.153. The molecule has 2 aliphatic heterocycles. The zero-order chi connectivity index (χ0) is 16.0. The maximum atomic E-state index is 13.0. The van der Waals surface area contributed by atoms with Crippen LogP contribution in [0, 0.1) is 12.3 Å². The Morgan fingerprint density at radius 1 is 1.43 bits per heavy atom. The van der Waals surface area contributed by atoms with Crippen LogP contribution < -0.4 is 15.8 Å². The molecule has 3 heterocycles. The third-order valence-electron chi connectivity index (χ3n) is 5.09. The molecule has 1 aliphatic carbocycles. The highest BCUT2D eigenvalue weighted by Crippen LogP contribution is 2.49. The minimum absolute atomic E-state index is 0.0283. The van der Waals surface area contributed by atoms with Crippen LogP contribution in [0.25, 0.3) is 0 Å². The number of nitrogens with one attached hydrogen (secondary N) is 2. The van der Waals surface area contributed by atoms with Crippen LogP contribution in [0.15, 0.2) is 54.5 Å². The maximum Gasteiger partial charge on any atom is 0.173 e. The van der Waals surface area contributed by atoms with Gasteiger partial charge in [0, 0.05) is 18.4 Å². The molecule has 1 saturated heterocycles. The van der Waals surface area contributed by atoms with Crippen molar-refractivity contribution < 1.29 is 4.79 Å². The SMILES string of the molecule is CCC1NN(c2cccnc2C)C2=CC=CC3NC=CC(=O)C231. The van der Waals surface area contributed by atoms with Gasteiger partial charge in [-0.3, -0.25) is 14.8 Å². The molecule has 23 heavy (non-hydrogen) atoms. The van der Waals surface area contributed by atoms with E-state index in [1.54, 1.807) is 18.5 Å². The van der Waals surface area contributed by atoms with E-state index in [1.807, 2.05) is 36.2 Å². The second-order valence-electron chi connectivity index (χ2n) is 6.18. The largest absolute Gasteiger partial charge is 0.383 e. The second kappa shape index (κ2) is 5.06. The highest BCUT2D eigenvalue weighted by molar-refractivity contribution is 6.01. The van der Waals surface area contributed by atoms with Crippen molar-refractivity contribution in [3.8, 4) is 0 Å². The van der Waals surface area contributed by atoms with Gasteiger partial charge in [-0.1, -0.05) is 19.1 Å². The smallest absolute Gasteiger partial charge is 0.173 e. The van der Waals surface area contributed by atoms with Crippen molar-refractivity contribution >= 4 is 11.5 Å². The van der Waals surface area contributed by atoms with Crippen molar-refractivity contribution in [2.45, 2.75) is 32.4 Å². The van der Waals surface area contributed by atoms with Crippen LogP contribution in [0.1, 0.15) is 19.0 Å². The number of hydrazine groups is 1. The van der Waals surface area contributed by atoms with Gasteiger partial charge in [-0.15, -0.1) is 0 Å². The van der Waals surface area contributed by atoms with E-state index in [4.69, 9.17) is 0 Å². The Kier molecular flexibility index (Phi) is 3.13. The highest BCUT2D eigenvalue weighted by atomic mass is 16.1. The number of allylic oxidation sites excluding steroid dienone is 3. The van der Waals surface area contributed by atoms with Gasteiger partial charge in [-0.05, 0) is 37.6 Å². The Balaban J connectivity index is 1.90. The number of hydrogen-bond donors (Lipinski definition) is 2. The van der Waals surface area contributed by atoms with Crippen LogP contribution in [-0.2, 0) is 4.79 Å². The Hall–Kier alpha value is -2.40. The van der Waals surface area contributed by atoms with E-state index in [2.05, 4.69) is 28.7 Å². The van der Waals surface area contributed by atoms with Gasteiger partial charge in [-0.25, -0.2) is 5.43 Å². The van der Waals surface area contributed by atoms with Crippen LogP contribution in [0.4, 0.5) is 5.69 Å². The topological polar surface area (TPSA) is 57.3 Å². The summed E-state index contributed by atoms with van der Waals surface area (Å²) in [5.41, 5.74) is 5.88. The minimum atomic E-state index is -0.597. The lowest BCUT2D eigenvalue weighted by Gasteiger charge is -2.42. The highest BCUT2D eigenvalue weighted by Gasteiger charge is 2.60. The summed E-state index contributed by atoms with van der Waals surface area (Å²) >= 11 is 0. The average molecular weight is 308 g/mol. The number of ketones is 1. The summed E-state index contributed by atoms with van der Waals surface area (Å²) in [4.78, 5) is 17.4. The fourth-order valence-corrected chi connectivity index (χ4v) is 4.02. The van der Waals surface area contributed by atoms with Gasteiger partial charge in [0.15, 0.2) is 5.78 Å². The van der Waals surface area contributed by atoms with Gasteiger partial charge in [-0.2, -0.15) is 0 Å². The lowest BCUT2D eigenvalue weighted by molar-refractivity contribution is -0.124. The predicted molar refractivity (Wildman–Crippen MR) is 89.4 cm³/mol. The zero-order valence-corrected chi connectivity index (χ0v) is 13.3. The summed E-state index contributed by atoms with van der Waals surface area (Å²) in [6, 6.07) is 3.96. The molecule has 0 bridgehead atoms. The van der Waals surface area contributed by atoms with Crippen molar-refractivity contribution in [2.24, 2.45) is 5.41 Å². The van der Waals surface area contributed by atoms with Crippen molar-refractivity contribution in [3.63, 3.8) is 0 Å². The number of nitrogens with zero attached hydrogens (tertiary/aromatic N) is 2. The normalized spacial score (nSPS) is 31.5. The number of carbonyl (C=O) groups is 1. The van der Waals surface area contributed by atoms with Crippen molar-refractivity contribution in [1.82, 2.24) is 15.7 Å². The molecule has 2 N–H and O–H groups in total. The van der Waals surface area contributed by atoms with Crippen LogP contribution >= 0.6 is 0 Å². The molecule has 5 nitrogen and oxygen atoms in total. The monoisotopic (exact) mass is 308 g/mol. The number of carbonyl (C=O) groups excluding carboxylic acids is 1. The second-order valence-corrected chi connectivity index (χ2v) is 6.18. The third kappa shape index (κ3) is 1.77. The first-order chi connectivity index (χ1) is 11.2. The average Bonchev–Trinajstić information content (AvgIpc) is 2.91. The van der Waals surface area contributed by atoms with Crippen LogP contribution in [0.3, 0.4) is 0 Å². The molecule has 1 aromatic heterocycles. The number of aryl methyl sites for hydroxylation is 1. The summed E-state index contributed by atoms with van der Waals surface area (Å²) in [7, 11) is 0. The summed E-state index contributed by atoms with van der Waals surface area (Å²) in [5, 5.41) is 5.40. The van der Waals surface area contributed by atoms with E-state index >= 15 is 0 Å².